The normalized spacial score (nSPS) is 10.3. The molecule has 6 heteroatoms. The van der Waals surface area contributed by atoms with Crippen LogP contribution in [0.4, 0.5) is 0 Å². The van der Waals surface area contributed by atoms with E-state index in [1.807, 2.05) is 5.38 Å². The molecule has 0 atom stereocenters. The van der Waals surface area contributed by atoms with Gasteiger partial charge < -0.3 is 5.32 Å². The molecule has 1 N–H and O–H groups in total. The number of aromatic nitrogens is 3. The molecule has 0 aliphatic carbocycles. The maximum Gasteiger partial charge on any atom is 0.254 e. The van der Waals surface area contributed by atoms with Crippen LogP contribution in [0.5, 0.6) is 0 Å². The fourth-order valence-electron chi connectivity index (χ4n) is 1.31. The number of rotatable bonds is 4. The highest BCUT2D eigenvalue weighted by Crippen LogP contribution is 2.01. The maximum atomic E-state index is 11.6. The van der Waals surface area contributed by atoms with E-state index in [0.717, 1.165) is 12.1 Å². The minimum Gasteiger partial charge on any atom is -0.352 e. The monoisotopic (exact) mass is 236 g/mol. The molecule has 1 amide bonds. The van der Waals surface area contributed by atoms with Gasteiger partial charge in [0.1, 0.15) is 0 Å². The molecule has 2 rings (SSSR count). The van der Waals surface area contributed by atoms with E-state index < -0.39 is 0 Å². The van der Waals surface area contributed by atoms with E-state index in [2.05, 4.69) is 15.4 Å². The van der Waals surface area contributed by atoms with Gasteiger partial charge >= 0.3 is 0 Å². The molecule has 2 aromatic rings. The Morgan fingerprint density at radius 3 is 3.12 bits per heavy atom. The molecule has 0 saturated heterocycles. The molecule has 0 spiro atoms. The summed E-state index contributed by atoms with van der Waals surface area (Å²) in [6, 6.07) is 0. The molecule has 0 bridgehead atoms. The third kappa shape index (κ3) is 2.66. The van der Waals surface area contributed by atoms with Crippen LogP contribution in [0.25, 0.3) is 0 Å². The number of aryl methyl sites for hydroxylation is 1. The lowest BCUT2D eigenvalue weighted by atomic mass is 10.3. The van der Waals surface area contributed by atoms with E-state index in [1.165, 1.54) is 0 Å². The number of amides is 1. The van der Waals surface area contributed by atoms with Crippen LogP contribution in [0.2, 0.25) is 0 Å². The molecule has 0 aliphatic rings. The largest absolute Gasteiger partial charge is 0.352 e. The summed E-state index contributed by atoms with van der Waals surface area (Å²) in [4.78, 5) is 15.7. The van der Waals surface area contributed by atoms with Crippen molar-refractivity contribution in [3.8, 4) is 0 Å². The van der Waals surface area contributed by atoms with Crippen molar-refractivity contribution in [1.82, 2.24) is 20.1 Å². The van der Waals surface area contributed by atoms with Crippen LogP contribution in [0.15, 0.2) is 23.3 Å². The van der Waals surface area contributed by atoms with Gasteiger partial charge in [0.2, 0.25) is 0 Å². The number of nitrogens with zero attached hydrogens (tertiary/aromatic N) is 3. The lowest BCUT2D eigenvalue weighted by Gasteiger charge is -2.01. The predicted molar refractivity (Wildman–Crippen MR) is 61.4 cm³/mol. The van der Waals surface area contributed by atoms with Gasteiger partial charge in [-0.25, -0.2) is 4.98 Å². The zero-order valence-corrected chi connectivity index (χ0v) is 9.70. The molecular formula is C10H12N4OS. The number of hydrogen-bond acceptors (Lipinski definition) is 4. The first-order chi connectivity index (χ1) is 7.75. The number of nitrogens with one attached hydrogen (secondary N) is 1. The van der Waals surface area contributed by atoms with Crippen molar-refractivity contribution in [3.05, 3.63) is 34.5 Å². The maximum absolute atomic E-state index is 11.6. The molecule has 84 valence electrons. The highest BCUT2D eigenvalue weighted by Gasteiger charge is 2.06. The third-order valence-corrected chi connectivity index (χ3v) is 2.75. The van der Waals surface area contributed by atoms with E-state index in [1.54, 1.807) is 41.0 Å². The number of hydrogen-bond donors (Lipinski definition) is 1. The second-order valence-corrected chi connectivity index (χ2v) is 4.11. The first-order valence-electron chi connectivity index (χ1n) is 4.89. The van der Waals surface area contributed by atoms with Gasteiger partial charge in [-0.1, -0.05) is 0 Å². The van der Waals surface area contributed by atoms with Gasteiger partial charge in [0.25, 0.3) is 5.91 Å². The van der Waals surface area contributed by atoms with Crippen molar-refractivity contribution >= 4 is 17.2 Å². The Morgan fingerprint density at radius 2 is 2.50 bits per heavy atom. The first-order valence-corrected chi connectivity index (χ1v) is 5.84. The standard InChI is InChI=1S/C10H12N4OS/c1-14-5-8(4-13-14)10(15)11-3-2-9-6-16-7-12-9/h4-7H,2-3H2,1H3,(H,11,15). The topological polar surface area (TPSA) is 59.8 Å². The SMILES string of the molecule is Cn1cc(C(=O)NCCc2cscn2)cn1. The quantitative estimate of drug-likeness (QED) is 0.856. The van der Waals surface area contributed by atoms with E-state index in [4.69, 9.17) is 0 Å². The average molecular weight is 236 g/mol. The molecule has 0 aromatic carbocycles. The lowest BCUT2D eigenvalue weighted by Crippen LogP contribution is -2.25. The summed E-state index contributed by atoms with van der Waals surface area (Å²) in [5.74, 6) is -0.0941. The van der Waals surface area contributed by atoms with Gasteiger partial charge in [0.15, 0.2) is 0 Å². The van der Waals surface area contributed by atoms with Gasteiger partial charge in [-0.15, -0.1) is 11.3 Å². The highest BCUT2D eigenvalue weighted by atomic mass is 32.1. The van der Waals surface area contributed by atoms with Crippen LogP contribution >= 0.6 is 11.3 Å². The van der Waals surface area contributed by atoms with Gasteiger partial charge in [-0.05, 0) is 0 Å². The van der Waals surface area contributed by atoms with Crippen molar-refractivity contribution in [2.45, 2.75) is 6.42 Å². The van der Waals surface area contributed by atoms with Crippen molar-refractivity contribution in [1.29, 1.82) is 0 Å². The van der Waals surface area contributed by atoms with E-state index in [0.29, 0.717) is 12.1 Å². The van der Waals surface area contributed by atoms with Crippen molar-refractivity contribution < 1.29 is 4.79 Å². The Hall–Kier alpha value is -1.69. The third-order valence-electron chi connectivity index (χ3n) is 2.12. The first kappa shape index (κ1) is 10.8. The number of carbonyl (C=O) groups is 1. The zero-order valence-electron chi connectivity index (χ0n) is 8.88. The molecule has 0 radical (unpaired) electrons. The molecule has 2 heterocycles. The Bertz CT molecular complexity index is 463. The van der Waals surface area contributed by atoms with E-state index >= 15 is 0 Å². The van der Waals surface area contributed by atoms with Crippen molar-refractivity contribution in [3.63, 3.8) is 0 Å². The molecule has 0 fully saturated rings. The van der Waals surface area contributed by atoms with Crippen molar-refractivity contribution in [2.24, 2.45) is 7.05 Å². The summed E-state index contributed by atoms with van der Waals surface area (Å²) in [6.45, 7) is 0.595. The molecule has 0 unspecified atom stereocenters. The average Bonchev–Trinajstić information content (AvgIpc) is 2.89. The highest BCUT2D eigenvalue weighted by molar-refractivity contribution is 7.07. The fourth-order valence-corrected chi connectivity index (χ4v) is 1.90. The zero-order chi connectivity index (χ0) is 11.4. The summed E-state index contributed by atoms with van der Waals surface area (Å²) in [5, 5.41) is 8.75. The Morgan fingerprint density at radius 1 is 1.62 bits per heavy atom. The summed E-state index contributed by atoms with van der Waals surface area (Å²) in [7, 11) is 1.78. The number of thiazole rings is 1. The fraction of sp³-hybridized carbons (Fsp3) is 0.300. The summed E-state index contributed by atoms with van der Waals surface area (Å²) in [6.07, 6.45) is 4.01. The minimum absolute atomic E-state index is 0.0941. The number of carbonyl (C=O) groups excluding carboxylic acids is 1. The van der Waals surface area contributed by atoms with Crippen LogP contribution in [-0.2, 0) is 13.5 Å². The van der Waals surface area contributed by atoms with Crippen LogP contribution in [0.1, 0.15) is 16.1 Å². The molecule has 16 heavy (non-hydrogen) atoms. The van der Waals surface area contributed by atoms with Crippen LogP contribution < -0.4 is 5.32 Å². The Kier molecular flexibility index (Phi) is 3.31. The lowest BCUT2D eigenvalue weighted by molar-refractivity contribution is 0.0954. The summed E-state index contributed by atoms with van der Waals surface area (Å²) < 4.78 is 1.61. The predicted octanol–water partition coefficient (Wildman–Crippen LogP) is 0.849. The molecule has 2 aromatic heterocycles. The minimum atomic E-state index is -0.0941. The van der Waals surface area contributed by atoms with Crippen LogP contribution in [-0.4, -0.2) is 27.2 Å². The second-order valence-electron chi connectivity index (χ2n) is 3.39. The molecular weight excluding hydrogens is 224 g/mol. The van der Waals surface area contributed by atoms with Crippen LogP contribution in [0.3, 0.4) is 0 Å². The molecule has 0 saturated carbocycles. The van der Waals surface area contributed by atoms with Crippen molar-refractivity contribution in [2.75, 3.05) is 6.54 Å². The Balaban J connectivity index is 1.80. The van der Waals surface area contributed by atoms with E-state index in [9.17, 15) is 4.79 Å². The summed E-state index contributed by atoms with van der Waals surface area (Å²) >= 11 is 1.56. The van der Waals surface area contributed by atoms with Gasteiger partial charge in [-0.2, -0.15) is 5.10 Å². The smallest absolute Gasteiger partial charge is 0.254 e. The van der Waals surface area contributed by atoms with Gasteiger partial charge in [0, 0.05) is 31.6 Å². The van der Waals surface area contributed by atoms with Gasteiger partial charge in [-0.3, -0.25) is 9.48 Å². The molecule has 0 aliphatic heterocycles. The van der Waals surface area contributed by atoms with E-state index in [-0.39, 0.29) is 5.91 Å². The van der Waals surface area contributed by atoms with Crippen LogP contribution in [0, 0.1) is 0 Å². The Labute approximate surface area is 97.1 Å². The summed E-state index contributed by atoms with van der Waals surface area (Å²) in [5.41, 5.74) is 3.38. The molecule has 5 nitrogen and oxygen atoms in total. The second kappa shape index (κ2) is 4.89. The van der Waals surface area contributed by atoms with Gasteiger partial charge in [0.05, 0.1) is 23.0 Å².